The van der Waals surface area contributed by atoms with E-state index in [4.69, 9.17) is 5.11 Å². The lowest BCUT2D eigenvalue weighted by molar-refractivity contribution is -0.223. The average molecular weight is 237 g/mol. The minimum atomic E-state index is -4.48. The normalized spacial score (nSPS) is 22.1. The number of piperidine rings is 1. The summed E-state index contributed by atoms with van der Waals surface area (Å²) in [7, 11) is 0. The van der Waals surface area contributed by atoms with Gasteiger partial charge in [-0.15, -0.1) is 0 Å². The molecule has 0 aromatic carbocycles. The number of halogens is 3. The Morgan fingerprint density at radius 2 is 1.94 bits per heavy atom. The number of likely N-dealkylation sites (tertiary alicyclic amines) is 1. The van der Waals surface area contributed by atoms with Crippen molar-refractivity contribution in [3.8, 4) is 0 Å². The first kappa shape index (κ1) is 13.5. The average Bonchev–Trinajstić information content (AvgIpc) is 2.15. The van der Waals surface area contributed by atoms with Crippen molar-refractivity contribution in [3.05, 3.63) is 12.2 Å². The highest BCUT2D eigenvalue weighted by Gasteiger charge is 2.43. The Morgan fingerprint density at radius 3 is 2.31 bits per heavy atom. The van der Waals surface area contributed by atoms with Crippen LogP contribution >= 0.6 is 0 Å². The van der Waals surface area contributed by atoms with Gasteiger partial charge in [-0.1, -0.05) is 12.2 Å². The second-order valence-electron chi connectivity index (χ2n) is 4.56. The fourth-order valence-corrected chi connectivity index (χ4v) is 2.08. The van der Waals surface area contributed by atoms with Gasteiger partial charge < -0.3 is 5.11 Å². The van der Waals surface area contributed by atoms with Gasteiger partial charge in [0, 0.05) is 6.54 Å². The zero-order chi connectivity index (χ0) is 12.3. The van der Waals surface area contributed by atoms with Crippen molar-refractivity contribution >= 4 is 0 Å². The molecule has 94 valence electrons. The van der Waals surface area contributed by atoms with Gasteiger partial charge in [0.1, 0.15) is 0 Å². The Bertz CT molecular complexity index is 244. The molecule has 1 rings (SSSR count). The molecule has 0 amide bonds. The number of aliphatic hydroxyl groups excluding tert-OH is 1. The Balaban J connectivity index is 2.40. The first-order chi connectivity index (χ1) is 7.30. The summed E-state index contributed by atoms with van der Waals surface area (Å²) in [5.74, 6) is -0.652. The van der Waals surface area contributed by atoms with Gasteiger partial charge in [-0.3, -0.25) is 4.90 Å². The van der Waals surface area contributed by atoms with E-state index >= 15 is 0 Å². The Hall–Kier alpha value is -0.550. The molecule has 0 spiro atoms. The lowest BCUT2D eigenvalue weighted by Crippen LogP contribution is -2.43. The third-order valence-corrected chi connectivity index (χ3v) is 2.91. The van der Waals surface area contributed by atoms with Crippen molar-refractivity contribution in [3.63, 3.8) is 0 Å². The number of aliphatic hydroxyl groups is 1. The molecule has 0 aromatic rings. The predicted octanol–water partition coefficient (Wildman–Crippen LogP) is 2.20. The molecule has 1 heterocycles. The van der Waals surface area contributed by atoms with Crippen LogP contribution in [-0.4, -0.2) is 41.9 Å². The van der Waals surface area contributed by atoms with Crippen LogP contribution in [0, 0.1) is 5.92 Å². The molecular formula is C11H18F3NO. The molecule has 0 radical (unpaired) electrons. The molecule has 0 bridgehead atoms. The van der Waals surface area contributed by atoms with Crippen LogP contribution in [-0.2, 0) is 0 Å². The second kappa shape index (κ2) is 5.19. The zero-order valence-electron chi connectivity index (χ0n) is 9.43. The van der Waals surface area contributed by atoms with E-state index < -0.39 is 18.2 Å². The molecular weight excluding hydrogens is 219 g/mol. The minimum Gasteiger partial charge on any atom is -0.383 e. The smallest absolute Gasteiger partial charge is 0.383 e. The highest BCUT2D eigenvalue weighted by atomic mass is 19.4. The van der Waals surface area contributed by atoms with Gasteiger partial charge in [0.15, 0.2) is 6.10 Å². The first-order valence-electron chi connectivity index (χ1n) is 5.42. The molecule has 1 aliphatic heterocycles. The monoisotopic (exact) mass is 237 g/mol. The molecule has 1 fully saturated rings. The summed E-state index contributed by atoms with van der Waals surface area (Å²) in [6, 6.07) is 0. The lowest BCUT2D eigenvalue weighted by Gasteiger charge is -2.34. The summed E-state index contributed by atoms with van der Waals surface area (Å²) in [6.45, 7) is 7.61. The number of hydrogen-bond acceptors (Lipinski definition) is 2. The maximum absolute atomic E-state index is 12.3. The van der Waals surface area contributed by atoms with E-state index in [1.165, 1.54) is 0 Å². The Labute approximate surface area is 93.7 Å². The Kier molecular flexibility index (Phi) is 4.38. The van der Waals surface area contributed by atoms with Crippen LogP contribution in [0.15, 0.2) is 12.2 Å². The van der Waals surface area contributed by atoms with Crippen molar-refractivity contribution < 1.29 is 18.3 Å². The maximum atomic E-state index is 12.3. The van der Waals surface area contributed by atoms with Crippen LogP contribution < -0.4 is 0 Å². The van der Waals surface area contributed by atoms with Crippen LogP contribution in [0.3, 0.4) is 0 Å². The summed E-state index contributed by atoms with van der Waals surface area (Å²) >= 11 is 0. The van der Waals surface area contributed by atoms with E-state index in [9.17, 15) is 13.2 Å². The molecule has 2 nitrogen and oxygen atoms in total. The van der Waals surface area contributed by atoms with Crippen LogP contribution in [0.1, 0.15) is 19.8 Å². The number of nitrogens with zero attached hydrogens (tertiary/aromatic N) is 1. The van der Waals surface area contributed by atoms with Gasteiger partial charge in [0.05, 0.1) is 0 Å². The fraction of sp³-hybridized carbons (Fsp3) is 0.818. The summed E-state index contributed by atoms with van der Waals surface area (Å²) in [5, 5.41) is 9.12. The highest BCUT2D eigenvalue weighted by Crippen LogP contribution is 2.31. The van der Waals surface area contributed by atoms with Crippen LogP contribution in [0.5, 0.6) is 0 Å². The molecule has 0 aromatic heterocycles. The Morgan fingerprint density at radius 1 is 1.44 bits per heavy atom. The molecule has 1 aliphatic rings. The molecule has 1 atom stereocenters. The molecule has 0 aliphatic carbocycles. The molecule has 1 unspecified atom stereocenters. The molecule has 1 saturated heterocycles. The molecule has 0 saturated carbocycles. The maximum Gasteiger partial charge on any atom is 0.414 e. The van der Waals surface area contributed by atoms with Gasteiger partial charge in [-0.2, -0.15) is 13.2 Å². The third kappa shape index (κ3) is 3.79. The molecule has 1 N–H and O–H groups in total. The summed E-state index contributed by atoms with van der Waals surface area (Å²) in [4.78, 5) is 2.07. The van der Waals surface area contributed by atoms with E-state index in [-0.39, 0.29) is 0 Å². The van der Waals surface area contributed by atoms with Crippen molar-refractivity contribution in [2.45, 2.75) is 32.0 Å². The van der Waals surface area contributed by atoms with Crippen LogP contribution in [0.2, 0.25) is 0 Å². The van der Waals surface area contributed by atoms with Gasteiger partial charge in [0.2, 0.25) is 0 Å². The van der Waals surface area contributed by atoms with Gasteiger partial charge in [-0.05, 0) is 38.8 Å². The van der Waals surface area contributed by atoms with E-state index in [2.05, 4.69) is 11.5 Å². The highest BCUT2D eigenvalue weighted by molar-refractivity contribution is 4.93. The van der Waals surface area contributed by atoms with Gasteiger partial charge in [-0.25, -0.2) is 0 Å². The van der Waals surface area contributed by atoms with E-state index in [0.717, 1.165) is 12.1 Å². The van der Waals surface area contributed by atoms with Crippen molar-refractivity contribution in [1.82, 2.24) is 4.90 Å². The summed E-state index contributed by atoms with van der Waals surface area (Å²) < 4.78 is 36.8. The quantitative estimate of drug-likeness (QED) is 0.761. The van der Waals surface area contributed by atoms with E-state index in [1.54, 1.807) is 0 Å². The van der Waals surface area contributed by atoms with Crippen LogP contribution in [0.4, 0.5) is 13.2 Å². The fourth-order valence-electron chi connectivity index (χ4n) is 2.08. The SMILES string of the molecule is C=C(C)CN1CCC(C(O)C(F)(F)F)CC1. The van der Waals surface area contributed by atoms with E-state index in [0.29, 0.717) is 25.9 Å². The standard InChI is InChI=1S/C11H18F3NO/c1-8(2)7-15-5-3-9(4-6-15)10(16)11(12,13)14/h9-10,16H,1,3-7H2,2H3. The number of rotatable bonds is 3. The lowest BCUT2D eigenvalue weighted by atomic mass is 9.91. The largest absolute Gasteiger partial charge is 0.414 e. The van der Waals surface area contributed by atoms with Crippen molar-refractivity contribution in [2.75, 3.05) is 19.6 Å². The van der Waals surface area contributed by atoms with Gasteiger partial charge in [0.25, 0.3) is 0 Å². The number of hydrogen-bond donors (Lipinski definition) is 1. The summed E-state index contributed by atoms with van der Waals surface area (Å²) in [5.41, 5.74) is 1.01. The zero-order valence-corrected chi connectivity index (χ0v) is 9.43. The predicted molar refractivity (Wildman–Crippen MR) is 56.0 cm³/mol. The van der Waals surface area contributed by atoms with Crippen molar-refractivity contribution in [2.24, 2.45) is 5.92 Å². The minimum absolute atomic E-state index is 0.397. The van der Waals surface area contributed by atoms with Gasteiger partial charge >= 0.3 is 6.18 Å². The van der Waals surface area contributed by atoms with Crippen molar-refractivity contribution in [1.29, 1.82) is 0 Å². The molecule has 5 heteroatoms. The number of alkyl halides is 3. The van der Waals surface area contributed by atoms with E-state index in [1.807, 2.05) is 6.92 Å². The molecule has 16 heavy (non-hydrogen) atoms. The first-order valence-corrected chi connectivity index (χ1v) is 5.42. The summed E-state index contributed by atoms with van der Waals surface area (Å²) in [6.07, 6.45) is -5.86. The topological polar surface area (TPSA) is 23.5 Å². The third-order valence-electron chi connectivity index (χ3n) is 2.91. The van der Waals surface area contributed by atoms with Crippen LogP contribution in [0.25, 0.3) is 0 Å². The second-order valence-corrected chi connectivity index (χ2v) is 4.56.